The summed E-state index contributed by atoms with van der Waals surface area (Å²) in [6, 6.07) is 11.8. The molecule has 158 valence electrons. The van der Waals surface area contributed by atoms with Crippen LogP contribution in [0.4, 0.5) is 10.1 Å². The fourth-order valence-electron chi connectivity index (χ4n) is 3.01. The number of halogens is 1. The van der Waals surface area contributed by atoms with E-state index in [4.69, 9.17) is 0 Å². The SMILES string of the molecule is CN=C(NCCCN(C)c1cccc(F)c1)NCc1ccc(S(C)(=O)=O)c(C)c1. The van der Waals surface area contributed by atoms with Crippen LogP contribution in [0.5, 0.6) is 0 Å². The average molecular weight is 421 g/mol. The highest BCUT2D eigenvalue weighted by Crippen LogP contribution is 2.16. The molecular formula is C21H29FN4O2S. The van der Waals surface area contributed by atoms with Gasteiger partial charge in [-0.15, -0.1) is 0 Å². The number of guanidine groups is 1. The molecule has 0 radical (unpaired) electrons. The molecule has 2 aromatic rings. The maximum absolute atomic E-state index is 13.3. The summed E-state index contributed by atoms with van der Waals surface area (Å²) in [6.45, 7) is 3.82. The number of hydrogen-bond donors (Lipinski definition) is 2. The summed E-state index contributed by atoms with van der Waals surface area (Å²) in [5, 5.41) is 6.48. The zero-order valence-electron chi connectivity index (χ0n) is 17.4. The molecule has 0 heterocycles. The number of benzene rings is 2. The zero-order chi connectivity index (χ0) is 21.4. The smallest absolute Gasteiger partial charge is 0.191 e. The van der Waals surface area contributed by atoms with Gasteiger partial charge in [-0.25, -0.2) is 12.8 Å². The van der Waals surface area contributed by atoms with Gasteiger partial charge in [0, 0.05) is 45.7 Å². The second-order valence-corrected chi connectivity index (χ2v) is 8.96. The third kappa shape index (κ3) is 7.05. The topological polar surface area (TPSA) is 73.8 Å². The Balaban J connectivity index is 1.79. The van der Waals surface area contributed by atoms with Crippen LogP contribution in [0.25, 0.3) is 0 Å². The third-order valence-electron chi connectivity index (χ3n) is 4.53. The number of anilines is 1. The number of aryl methyl sites for hydroxylation is 1. The van der Waals surface area contributed by atoms with Crippen molar-refractivity contribution in [3.8, 4) is 0 Å². The van der Waals surface area contributed by atoms with Crippen LogP contribution in [0.15, 0.2) is 52.4 Å². The van der Waals surface area contributed by atoms with Gasteiger partial charge < -0.3 is 15.5 Å². The average Bonchev–Trinajstić information content (AvgIpc) is 2.66. The van der Waals surface area contributed by atoms with Crippen molar-refractivity contribution in [2.75, 3.05) is 38.3 Å². The van der Waals surface area contributed by atoms with Crippen LogP contribution in [0, 0.1) is 12.7 Å². The highest BCUT2D eigenvalue weighted by atomic mass is 32.2. The van der Waals surface area contributed by atoms with E-state index in [2.05, 4.69) is 15.6 Å². The van der Waals surface area contributed by atoms with Gasteiger partial charge in [0.15, 0.2) is 15.8 Å². The van der Waals surface area contributed by atoms with Gasteiger partial charge >= 0.3 is 0 Å². The van der Waals surface area contributed by atoms with Crippen molar-refractivity contribution in [2.24, 2.45) is 4.99 Å². The van der Waals surface area contributed by atoms with Crippen molar-refractivity contribution < 1.29 is 12.8 Å². The summed E-state index contributed by atoms with van der Waals surface area (Å²) in [7, 11) is 0.423. The number of rotatable bonds is 8. The molecule has 0 spiro atoms. The second kappa shape index (κ2) is 10.2. The fraction of sp³-hybridized carbons (Fsp3) is 0.381. The molecule has 0 aliphatic heterocycles. The lowest BCUT2D eigenvalue weighted by Gasteiger charge is -2.20. The van der Waals surface area contributed by atoms with E-state index >= 15 is 0 Å². The molecule has 0 aliphatic rings. The minimum absolute atomic E-state index is 0.239. The molecule has 2 rings (SSSR count). The summed E-state index contributed by atoms with van der Waals surface area (Å²) >= 11 is 0. The van der Waals surface area contributed by atoms with Crippen molar-refractivity contribution in [1.82, 2.24) is 10.6 Å². The number of nitrogens with one attached hydrogen (secondary N) is 2. The monoisotopic (exact) mass is 420 g/mol. The number of aliphatic imine (C=N–C) groups is 1. The van der Waals surface area contributed by atoms with Crippen molar-refractivity contribution >= 4 is 21.5 Å². The van der Waals surface area contributed by atoms with E-state index < -0.39 is 9.84 Å². The van der Waals surface area contributed by atoms with Crippen LogP contribution < -0.4 is 15.5 Å². The van der Waals surface area contributed by atoms with E-state index in [9.17, 15) is 12.8 Å². The summed E-state index contributed by atoms with van der Waals surface area (Å²) in [6.07, 6.45) is 2.07. The van der Waals surface area contributed by atoms with Gasteiger partial charge in [0.2, 0.25) is 0 Å². The van der Waals surface area contributed by atoms with Crippen LogP contribution >= 0.6 is 0 Å². The van der Waals surface area contributed by atoms with E-state index in [1.54, 1.807) is 32.2 Å². The number of hydrogen-bond acceptors (Lipinski definition) is 4. The maximum atomic E-state index is 13.3. The minimum Gasteiger partial charge on any atom is -0.374 e. The van der Waals surface area contributed by atoms with Crippen molar-refractivity contribution in [3.05, 3.63) is 59.4 Å². The normalized spacial score (nSPS) is 12.0. The van der Waals surface area contributed by atoms with Gasteiger partial charge in [-0.2, -0.15) is 0 Å². The molecule has 0 saturated heterocycles. The van der Waals surface area contributed by atoms with Crippen LogP contribution in [-0.2, 0) is 16.4 Å². The lowest BCUT2D eigenvalue weighted by molar-refractivity contribution is 0.601. The molecule has 0 fully saturated rings. The Morgan fingerprint density at radius 3 is 2.55 bits per heavy atom. The fourth-order valence-corrected chi connectivity index (χ4v) is 3.97. The first-order valence-electron chi connectivity index (χ1n) is 9.41. The molecule has 6 nitrogen and oxygen atoms in total. The third-order valence-corrected chi connectivity index (χ3v) is 5.79. The van der Waals surface area contributed by atoms with Crippen LogP contribution in [-0.4, -0.2) is 47.8 Å². The second-order valence-electron chi connectivity index (χ2n) is 6.98. The lowest BCUT2D eigenvalue weighted by atomic mass is 10.1. The largest absolute Gasteiger partial charge is 0.374 e. The van der Waals surface area contributed by atoms with Gasteiger partial charge in [0.1, 0.15) is 5.82 Å². The van der Waals surface area contributed by atoms with Gasteiger partial charge in [-0.1, -0.05) is 18.2 Å². The van der Waals surface area contributed by atoms with Crippen molar-refractivity contribution in [3.63, 3.8) is 0 Å². The predicted molar refractivity (Wildman–Crippen MR) is 117 cm³/mol. The minimum atomic E-state index is -3.21. The van der Waals surface area contributed by atoms with Gasteiger partial charge in [0.05, 0.1) is 4.90 Å². The summed E-state index contributed by atoms with van der Waals surface area (Å²) in [5.41, 5.74) is 2.55. The molecule has 0 aliphatic carbocycles. The van der Waals surface area contributed by atoms with E-state index in [-0.39, 0.29) is 5.82 Å². The van der Waals surface area contributed by atoms with Gasteiger partial charge in [-0.3, -0.25) is 4.99 Å². The Morgan fingerprint density at radius 1 is 1.17 bits per heavy atom. The Hall–Kier alpha value is -2.61. The van der Waals surface area contributed by atoms with Crippen LogP contribution in [0.2, 0.25) is 0 Å². The molecule has 0 bridgehead atoms. The molecule has 29 heavy (non-hydrogen) atoms. The highest BCUT2D eigenvalue weighted by Gasteiger charge is 2.11. The number of nitrogens with zero attached hydrogens (tertiary/aromatic N) is 2. The summed E-state index contributed by atoms with van der Waals surface area (Å²) in [4.78, 5) is 6.56. The van der Waals surface area contributed by atoms with Crippen molar-refractivity contribution in [1.29, 1.82) is 0 Å². The Labute approximate surface area is 172 Å². The Morgan fingerprint density at radius 2 is 1.93 bits per heavy atom. The summed E-state index contributed by atoms with van der Waals surface area (Å²) < 4.78 is 36.7. The Kier molecular flexibility index (Phi) is 8.01. The van der Waals surface area contributed by atoms with Crippen molar-refractivity contribution in [2.45, 2.75) is 24.8 Å². The number of sulfone groups is 1. The van der Waals surface area contributed by atoms with E-state index in [0.29, 0.717) is 23.9 Å². The predicted octanol–water partition coefficient (Wildman–Crippen LogP) is 2.73. The molecule has 8 heteroatoms. The quantitative estimate of drug-likeness (QED) is 0.390. The molecule has 2 N–H and O–H groups in total. The van der Waals surface area contributed by atoms with Crippen LogP contribution in [0.1, 0.15) is 17.5 Å². The first-order valence-corrected chi connectivity index (χ1v) is 11.3. The van der Waals surface area contributed by atoms with E-state index in [0.717, 1.165) is 29.8 Å². The molecule has 0 saturated carbocycles. The lowest BCUT2D eigenvalue weighted by Crippen LogP contribution is -2.38. The zero-order valence-corrected chi connectivity index (χ0v) is 18.2. The van der Waals surface area contributed by atoms with Gasteiger partial charge in [-0.05, 0) is 48.7 Å². The Bertz CT molecular complexity index is 961. The summed E-state index contributed by atoms with van der Waals surface area (Å²) in [5.74, 6) is 0.431. The molecule has 0 amide bonds. The first-order chi connectivity index (χ1) is 13.7. The standard InChI is InChI=1S/C21H29FN4O2S/c1-16-13-17(9-10-20(16)29(4,27)28)15-25-21(23-2)24-11-6-12-26(3)19-8-5-7-18(22)14-19/h5,7-10,13-14H,6,11-12,15H2,1-4H3,(H2,23,24,25). The highest BCUT2D eigenvalue weighted by molar-refractivity contribution is 7.90. The van der Waals surface area contributed by atoms with E-state index in [1.807, 2.05) is 24.1 Å². The van der Waals surface area contributed by atoms with E-state index in [1.165, 1.54) is 18.4 Å². The first kappa shape index (κ1) is 22.7. The molecule has 0 atom stereocenters. The van der Waals surface area contributed by atoms with Gasteiger partial charge in [0.25, 0.3) is 0 Å². The molecule has 2 aromatic carbocycles. The van der Waals surface area contributed by atoms with Crippen LogP contribution in [0.3, 0.4) is 0 Å². The maximum Gasteiger partial charge on any atom is 0.191 e. The molecule has 0 unspecified atom stereocenters. The molecule has 0 aromatic heterocycles. The molecular weight excluding hydrogens is 391 g/mol.